The van der Waals surface area contributed by atoms with Crippen LogP contribution in [0.1, 0.15) is 102 Å². The molecule has 0 amide bonds. The Morgan fingerprint density at radius 3 is 2.47 bits per heavy atom. The van der Waals surface area contributed by atoms with Crippen molar-refractivity contribution in [1.29, 1.82) is 0 Å². The van der Waals surface area contributed by atoms with Crippen LogP contribution in [0.15, 0.2) is 29.1 Å². The van der Waals surface area contributed by atoms with Crippen LogP contribution in [0.3, 0.4) is 0 Å². The fourth-order valence-electron chi connectivity index (χ4n) is 6.34. The van der Waals surface area contributed by atoms with Gasteiger partial charge in [-0.15, -0.1) is 5.10 Å². The lowest BCUT2D eigenvalue weighted by Gasteiger charge is -2.41. The van der Waals surface area contributed by atoms with Gasteiger partial charge in [0.25, 0.3) is 5.56 Å². The Labute approximate surface area is 213 Å². The number of rotatable bonds is 8. The van der Waals surface area contributed by atoms with Gasteiger partial charge in [0.2, 0.25) is 0 Å². The van der Waals surface area contributed by atoms with Gasteiger partial charge < -0.3 is 9.72 Å². The van der Waals surface area contributed by atoms with Gasteiger partial charge >= 0.3 is 0 Å². The Morgan fingerprint density at radius 2 is 1.78 bits per heavy atom. The highest BCUT2D eigenvalue weighted by molar-refractivity contribution is 5.80. The number of H-pyrrole nitrogens is 1. The lowest BCUT2D eigenvalue weighted by Crippen LogP contribution is -2.43. The maximum absolute atomic E-state index is 13.3. The van der Waals surface area contributed by atoms with Crippen LogP contribution in [0.4, 0.5) is 0 Å². The standard InChI is InChI=1S/C28H40N6O2/c1-19(2)26(27-30-31-32-34(27)23-12-8-5-9-13-23)33(22-10-6-4-7-11-22)18-21-16-20-14-15-24(36-3)17-25(20)29-28(21)35/h14-17,19,22-23,26H,4-13,18H2,1-3H3,(H,29,35)/t26-/m1/s1. The third-order valence-corrected chi connectivity index (χ3v) is 8.22. The molecular formula is C28H40N6O2. The van der Waals surface area contributed by atoms with Crippen molar-refractivity contribution in [3.8, 4) is 5.75 Å². The van der Waals surface area contributed by atoms with Gasteiger partial charge in [0.05, 0.1) is 24.7 Å². The van der Waals surface area contributed by atoms with Crippen molar-refractivity contribution in [2.75, 3.05) is 7.11 Å². The van der Waals surface area contributed by atoms with Crippen LogP contribution in [0.2, 0.25) is 0 Å². The Hall–Kier alpha value is -2.74. The number of nitrogens with one attached hydrogen (secondary N) is 1. The second-order valence-corrected chi connectivity index (χ2v) is 11.0. The van der Waals surface area contributed by atoms with E-state index >= 15 is 0 Å². The number of aromatic nitrogens is 5. The normalized spacial score (nSPS) is 18.8. The molecule has 1 atom stereocenters. The van der Waals surface area contributed by atoms with Gasteiger partial charge in [-0.05, 0) is 65.6 Å². The molecule has 5 rings (SSSR count). The molecule has 1 aromatic carbocycles. The summed E-state index contributed by atoms with van der Waals surface area (Å²) >= 11 is 0. The molecule has 8 heteroatoms. The van der Waals surface area contributed by atoms with Gasteiger partial charge in [0, 0.05) is 24.2 Å². The van der Waals surface area contributed by atoms with E-state index in [0.29, 0.717) is 24.5 Å². The number of ether oxygens (including phenoxy) is 1. The van der Waals surface area contributed by atoms with Crippen LogP contribution >= 0.6 is 0 Å². The van der Waals surface area contributed by atoms with E-state index in [2.05, 4.69) is 43.9 Å². The lowest BCUT2D eigenvalue weighted by atomic mass is 9.89. The highest BCUT2D eigenvalue weighted by Gasteiger charge is 2.36. The van der Waals surface area contributed by atoms with E-state index in [1.165, 1.54) is 38.5 Å². The molecule has 0 unspecified atom stereocenters. The predicted molar refractivity (Wildman–Crippen MR) is 141 cm³/mol. The maximum atomic E-state index is 13.3. The number of benzene rings is 1. The number of fused-ring (bicyclic) bond motifs is 1. The quantitative estimate of drug-likeness (QED) is 0.443. The van der Waals surface area contributed by atoms with E-state index in [1.807, 2.05) is 24.3 Å². The number of nitrogens with zero attached hydrogens (tertiary/aromatic N) is 5. The molecule has 2 heterocycles. The van der Waals surface area contributed by atoms with Crippen LogP contribution in [0.5, 0.6) is 5.75 Å². The molecule has 2 aliphatic carbocycles. The second kappa shape index (κ2) is 11.1. The molecule has 2 aliphatic rings. The van der Waals surface area contributed by atoms with Crippen molar-refractivity contribution in [2.45, 2.75) is 103 Å². The zero-order valence-electron chi connectivity index (χ0n) is 21.9. The summed E-state index contributed by atoms with van der Waals surface area (Å²) in [5, 5.41) is 14.3. The third-order valence-electron chi connectivity index (χ3n) is 8.22. The molecule has 3 aromatic rings. The fraction of sp³-hybridized carbons (Fsp3) is 0.643. The van der Waals surface area contributed by atoms with Gasteiger partial charge in [-0.3, -0.25) is 9.69 Å². The number of tetrazole rings is 1. The van der Waals surface area contributed by atoms with E-state index in [9.17, 15) is 4.79 Å². The van der Waals surface area contributed by atoms with E-state index in [0.717, 1.165) is 53.7 Å². The summed E-state index contributed by atoms with van der Waals surface area (Å²) in [6, 6.07) is 8.72. The smallest absolute Gasteiger partial charge is 0.252 e. The van der Waals surface area contributed by atoms with Crippen molar-refractivity contribution >= 4 is 10.9 Å². The number of aromatic amines is 1. The highest BCUT2D eigenvalue weighted by atomic mass is 16.5. The molecule has 8 nitrogen and oxygen atoms in total. The minimum Gasteiger partial charge on any atom is -0.497 e. The summed E-state index contributed by atoms with van der Waals surface area (Å²) in [5.41, 5.74) is 1.56. The van der Waals surface area contributed by atoms with Crippen molar-refractivity contribution in [3.05, 3.63) is 46.0 Å². The van der Waals surface area contributed by atoms with Gasteiger partial charge in [-0.25, -0.2) is 4.68 Å². The summed E-state index contributed by atoms with van der Waals surface area (Å²) in [5.74, 6) is 2.01. The first-order chi connectivity index (χ1) is 17.5. The molecule has 0 saturated heterocycles. The van der Waals surface area contributed by atoms with Crippen LogP contribution in [0, 0.1) is 5.92 Å². The lowest BCUT2D eigenvalue weighted by molar-refractivity contribution is 0.0590. The average molecular weight is 493 g/mol. The summed E-state index contributed by atoms with van der Waals surface area (Å²) in [6.07, 6.45) is 12.1. The number of hydrogen-bond donors (Lipinski definition) is 1. The highest BCUT2D eigenvalue weighted by Crippen LogP contribution is 2.37. The van der Waals surface area contributed by atoms with Crippen LogP contribution in [0.25, 0.3) is 10.9 Å². The molecule has 0 aliphatic heterocycles. The Morgan fingerprint density at radius 1 is 1.06 bits per heavy atom. The van der Waals surface area contributed by atoms with Gasteiger partial charge in [-0.1, -0.05) is 52.4 Å². The zero-order chi connectivity index (χ0) is 25.1. The first kappa shape index (κ1) is 24.9. The van der Waals surface area contributed by atoms with Crippen LogP contribution in [-0.4, -0.2) is 43.2 Å². The average Bonchev–Trinajstić information content (AvgIpc) is 3.38. The number of hydrogen-bond acceptors (Lipinski definition) is 6. The van der Waals surface area contributed by atoms with Crippen molar-refractivity contribution in [1.82, 2.24) is 30.1 Å². The monoisotopic (exact) mass is 492 g/mol. The molecule has 194 valence electrons. The van der Waals surface area contributed by atoms with Crippen molar-refractivity contribution < 1.29 is 4.74 Å². The van der Waals surface area contributed by atoms with E-state index in [-0.39, 0.29) is 11.6 Å². The topological polar surface area (TPSA) is 88.9 Å². The summed E-state index contributed by atoms with van der Waals surface area (Å²) in [6.45, 7) is 5.11. The first-order valence-electron chi connectivity index (χ1n) is 13.8. The Kier molecular flexibility index (Phi) is 7.70. The molecule has 0 radical (unpaired) electrons. The molecule has 2 fully saturated rings. The van der Waals surface area contributed by atoms with Crippen molar-refractivity contribution in [3.63, 3.8) is 0 Å². The predicted octanol–water partition coefficient (Wildman–Crippen LogP) is 5.56. The second-order valence-electron chi connectivity index (χ2n) is 11.0. The first-order valence-corrected chi connectivity index (χ1v) is 13.8. The summed E-state index contributed by atoms with van der Waals surface area (Å²) < 4.78 is 7.47. The Bertz CT molecular complexity index is 1210. The molecule has 0 bridgehead atoms. The molecular weight excluding hydrogens is 452 g/mol. The molecule has 2 aromatic heterocycles. The van der Waals surface area contributed by atoms with E-state index < -0.39 is 0 Å². The van der Waals surface area contributed by atoms with Gasteiger partial charge in [0.15, 0.2) is 5.82 Å². The summed E-state index contributed by atoms with van der Waals surface area (Å²) in [4.78, 5) is 18.9. The maximum Gasteiger partial charge on any atom is 0.252 e. The van der Waals surface area contributed by atoms with Gasteiger partial charge in [-0.2, -0.15) is 0 Å². The molecule has 36 heavy (non-hydrogen) atoms. The third kappa shape index (κ3) is 5.19. The largest absolute Gasteiger partial charge is 0.497 e. The summed E-state index contributed by atoms with van der Waals surface area (Å²) in [7, 11) is 1.64. The SMILES string of the molecule is COc1ccc2cc(CN(C3CCCCC3)[C@@H](c3nnnn3C3CCCCC3)C(C)C)c(=O)[nH]c2c1. The number of methoxy groups -OCH3 is 1. The zero-order valence-corrected chi connectivity index (χ0v) is 21.9. The molecule has 0 spiro atoms. The van der Waals surface area contributed by atoms with Gasteiger partial charge in [0.1, 0.15) is 5.75 Å². The minimum absolute atomic E-state index is 0.0362. The minimum atomic E-state index is -0.0362. The van der Waals surface area contributed by atoms with Crippen LogP contribution < -0.4 is 10.3 Å². The molecule has 2 saturated carbocycles. The molecule has 1 N–H and O–H groups in total. The fourth-order valence-corrected chi connectivity index (χ4v) is 6.34. The Balaban J connectivity index is 1.53. The van der Waals surface area contributed by atoms with Crippen molar-refractivity contribution in [2.24, 2.45) is 5.92 Å². The number of pyridine rings is 1. The van der Waals surface area contributed by atoms with E-state index in [1.54, 1.807) is 7.11 Å². The van der Waals surface area contributed by atoms with E-state index in [4.69, 9.17) is 4.74 Å². The van der Waals surface area contributed by atoms with Crippen LogP contribution in [-0.2, 0) is 6.54 Å².